The summed E-state index contributed by atoms with van der Waals surface area (Å²) in [7, 11) is 0. The van der Waals surface area contributed by atoms with Gasteiger partial charge in [0.15, 0.2) is 5.17 Å². The predicted molar refractivity (Wildman–Crippen MR) is 64.0 cm³/mol. The van der Waals surface area contributed by atoms with Crippen LogP contribution in [0.1, 0.15) is 38.5 Å². The molecule has 4 N–H and O–H groups in total. The first-order valence-corrected chi connectivity index (χ1v) is 6.43. The summed E-state index contributed by atoms with van der Waals surface area (Å²) in [6, 6.07) is 0.340. The van der Waals surface area contributed by atoms with E-state index in [1.54, 1.807) is 0 Å². The Hall–Kier alpha value is -0.710. The lowest BCUT2D eigenvalue weighted by Gasteiger charge is -2.15. The lowest BCUT2D eigenvalue weighted by atomic mass is 10.1. The van der Waals surface area contributed by atoms with Gasteiger partial charge in [-0.25, -0.2) is 0 Å². The molecule has 1 saturated carbocycles. The van der Waals surface area contributed by atoms with Gasteiger partial charge in [-0.3, -0.25) is 10.2 Å². The van der Waals surface area contributed by atoms with Crippen molar-refractivity contribution < 1.29 is 4.79 Å². The molecule has 4 nitrogen and oxygen atoms in total. The zero-order chi connectivity index (χ0) is 11.1. The highest BCUT2D eigenvalue weighted by atomic mass is 32.2. The maximum Gasteiger partial charge on any atom is 0.230 e. The van der Waals surface area contributed by atoms with E-state index in [0.29, 0.717) is 6.04 Å². The van der Waals surface area contributed by atoms with Crippen molar-refractivity contribution >= 4 is 22.8 Å². The number of rotatable bonds is 3. The van der Waals surface area contributed by atoms with Gasteiger partial charge in [0.2, 0.25) is 5.91 Å². The SMILES string of the molecule is N=C(N)SCC(=O)NC1CCCCCC1. The van der Waals surface area contributed by atoms with E-state index in [1.165, 1.54) is 25.7 Å². The van der Waals surface area contributed by atoms with Gasteiger partial charge in [-0.05, 0) is 12.8 Å². The maximum absolute atomic E-state index is 11.4. The second-order valence-corrected chi connectivity index (χ2v) is 4.93. The lowest BCUT2D eigenvalue weighted by Crippen LogP contribution is -2.36. The molecule has 0 aromatic rings. The number of carbonyl (C=O) groups excluding carboxylic acids is 1. The van der Waals surface area contributed by atoms with E-state index in [4.69, 9.17) is 11.1 Å². The highest BCUT2D eigenvalue weighted by Crippen LogP contribution is 2.17. The van der Waals surface area contributed by atoms with Gasteiger partial charge in [-0.15, -0.1) is 0 Å². The van der Waals surface area contributed by atoms with Crippen molar-refractivity contribution in [1.29, 1.82) is 5.41 Å². The second kappa shape index (κ2) is 6.71. The van der Waals surface area contributed by atoms with Crippen LogP contribution < -0.4 is 11.1 Å². The van der Waals surface area contributed by atoms with Gasteiger partial charge < -0.3 is 11.1 Å². The topological polar surface area (TPSA) is 79.0 Å². The average molecular weight is 229 g/mol. The fourth-order valence-corrected chi connectivity index (χ4v) is 2.21. The molecule has 0 atom stereocenters. The van der Waals surface area contributed by atoms with Crippen molar-refractivity contribution in [3.8, 4) is 0 Å². The van der Waals surface area contributed by atoms with Gasteiger partial charge in [0, 0.05) is 6.04 Å². The van der Waals surface area contributed by atoms with Crippen molar-refractivity contribution in [2.24, 2.45) is 5.73 Å². The van der Waals surface area contributed by atoms with Crippen molar-refractivity contribution in [2.45, 2.75) is 44.6 Å². The minimum atomic E-state index is 0.00194. The summed E-state index contributed by atoms with van der Waals surface area (Å²) in [6.45, 7) is 0. The predicted octanol–water partition coefficient (Wildman–Crippen LogP) is 1.45. The van der Waals surface area contributed by atoms with E-state index in [0.717, 1.165) is 24.6 Å². The molecule has 0 heterocycles. The number of nitrogens with two attached hydrogens (primary N) is 1. The first-order valence-electron chi connectivity index (χ1n) is 5.44. The molecule has 1 aliphatic rings. The van der Waals surface area contributed by atoms with Crippen LogP contribution in [0.25, 0.3) is 0 Å². The molecular formula is C10H19N3OS. The fourth-order valence-electron chi connectivity index (χ4n) is 1.84. The normalized spacial score (nSPS) is 18.1. The van der Waals surface area contributed by atoms with E-state index < -0.39 is 0 Å². The zero-order valence-corrected chi connectivity index (χ0v) is 9.74. The number of carbonyl (C=O) groups is 1. The molecule has 15 heavy (non-hydrogen) atoms. The van der Waals surface area contributed by atoms with E-state index in [-0.39, 0.29) is 16.8 Å². The molecule has 1 fully saturated rings. The van der Waals surface area contributed by atoms with Gasteiger partial charge in [0.25, 0.3) is 0 Å². The van der Waals surface area contributed by atoms with Crippen LogP contribution in [-0.4, -0.2) is 22.9 Å². The summed E-state index contributed by atoms with van der Waals surface area (Å²) >= 11 is 1.08. The van der Waals surface area contributed by atoms with Crippen LogP contribution in [0.2, 0.25) is 0 Å². The molecule has 0 aromatic heterocycles. The van der Waals surface area contributed by atoms with Crippen LogP contribution in [-0.2, 0) is 4.79 Å². The molecule has 0 bridgehead atoms. The molecule has 0 saturated heterocycles. The third-order valence-corrected chi connectivity index (χ3v) is 3.30. The van der Waals surface area contributed by atoms with Crippen LogP contribution in [0.3, 0.4) is 0 Å². The molecule has 0 aromatic carbocycles. The quantitative estimate of drug-likeness (QED) is 0.389. The number of thioether (sulfide) groups is 1. The second-order valence-electron chi connectivity index (χ2n) is 3.91. The molecular weight excluding hydrogens is 210 g/mol. The van der Waals surface area contributed by atoms with Crippen molar-refractivity contribution in [3.63, 3.8) is 0 Å². The Bertz CT molecular complexity index is 225. The zero-order valence-electron chi connectivity index (χ0n) is 8.92. The summed E-state index contributed by atoms with van der Waals surface area (Å²) in [6.07, 6.45) is 7.19. The fraction of sp³-hybridized carbons (Fsp3) is 0.800. The molecule has 1 aliphatic carbocycles. The summed E-state index contributed by atoms with van der Waals surface area (Å²) in [5.41, 5.74) is 5.17. The molecule has 1 amide bonds. The molecule has 0 aliphatic heterocycles. The Morgan fingerprint density at radius 1 is 1.33 bits per heavy atom. The Balaban J connectivity index is 2.20. The van der Waals surface area contributed by atoms with Crippen LogP contribution in [0.15, 0.2) is 0 Å². The first-order chi connectivity index (χ1) is 7.18. The highest BCUT2D eigenvalue weighted by molar-refractivity contribution is 8.14. The van der Waals surface area contributed by atoms with E-state index >= 15 is 0 Å². The monoisotopic (exact) mass is 229 g/mol. The van der Waals surface area contributed by atoms with Gasteiger partial charge >= 0.3 is 0 Å². The third kappa shape index (κ3) is 5.67. The first kappa shape index (κ1) is 12.4. The summed E-state index contributed by atoms with van der Waals surface area (Å²) in [5.74, 6) is 0.272. The molecule has 0 unspecified atom stereocenters. The smallest absolute Gasteiger partial charge is 0.230 e. The highest BCUT2D eigenvalue weighted by Gasteiger charge is 2.14. The number of hydrogen-bond donors (Lipinski definition) is 3. The maximum atomic E-state index is 11.4. The molecule has 1 rings (SSSR count). The van der Waals surface area contributed by atoms with Gasteiger partial charge in [-0.1, -0.05) is 37.4 Å². The van der Waals surface area contributed by atoms with Crippen molar-refractivity contribution in [1.82, 2.24) is 5.32 Å². The number of nitrogens with one attached hydrogen (secondary N) is 2. The van der Waals surface area contributed by atoms with Crippen molar-refractivity contribution in [2.75, 3.05) is 5.75 Å². The molecule has 0 spiro atoms. The number of amides is 1. The minimum Gasteiger partial charge on any atom is -0.379 e. The standard InChI is InChI=1S/C10H19N3OS/c11-10(12)15-7-9(14)13-8-5-3-1-2-4-6-8/h8H,1-7H2,(H3,11,12)(H,13,14). The lowest BCUT2D eigenvalue weighted by molar-refractivity contribution is -0.119. The van der Waals surface area contributed by atoms with E-state index in [2.05, 4.69) is 5.32 Å². The Morgan fingerprint density at radius 3 is 2.47 bits per heavy atom. The van der Waals surface area contributed by atoms with Gasteiger partial charge in [0.05, 0.1) is 5.75 Å². The number of hydrogen-bond acceptors (Lipinski definition) is 3. The van der Waals surface area contributed by atoms with Crippen LogP contribution in [0.5, 0.6) is 0 Å². The van der Waals surface area contributed by atoms with Crippen molar-refractivity contribution in [3.05, 3.63) is 0 Å². The molecule has 5 heteroatoms. The van der Waals surface area contributed by atoms with Crippen LogP contribution in [0.4, 0.5) is 0 Å². The third-order valence-electron chi connectivity index (χ3n) is 2.58. The van der Waals surface area contributed by atoms with Gasteiger partial charge in [-0.2, -0.15) is 0 Å². The molecule has 0 radical (unpaired) electrons. The summed E-state index contributed by atoms with van der Waals surface area (Å²) < 4.78 is 0. The van der Waals surface area contributed by atoms with Crippen LogP contribution >= 0.6 is 11.8 Å². The van der Waals surface area contributed by atoms with Gasteiger partial charge in [0.1, 0.15) is 0 Å². The largest absolute Gasteiger partial charge is 0.379 e. The van der Waals surface area contributed by atoms with Crippen LogP contribution in [0, 0.1) is 5.41 Å². The summed E-state index contributed by atoms with van der Waals surface area (Å²) in [4.78, 5) is 11.4. The minimum absolute atomic E-state index is 0.00194. The Kier molecular flexibility index (Phi) is 5.53. The molecule has 86 valence electrons. The van der Waals surface area contributed by atoms with E-state index in [9.17, 15) is 4.79 Å². The Morgan fingerprint density at radius 2 is 1.93 bits per heavy atom. The Labute approximate surface area is 94.9 Å². The average Bonchev–Trinajstić information content (AvgIpc) is 2.43. The summed E-state index contributed by atoms with van der Waals surface area (Å²) in [5, 5.41) is 10.0. The number of amidine groups is 1. The van der Waals surface area contributed by atoms with E-state index in [1.807, 2.05) is 0 Å².